The Hall–Kier alpha value is -4.01. The van der Waals surface area contributed by atoms with Crippen LogP contribution >= 0.6 is 0 Å². The zero-order chi connectivity index (χ0) is 21.0. The van der Waals surface area contributed by atoms with Gasteiger partial charge < -0.3 is 5.11 Å². The van der Waals surface area contributed by atoms with E-state index in [-0.39, 0.29) is 17.0 Å². The molecule has 0 aliphatic rings. The highest BCUT2D eigenvalue weighted by Crippen LogP contribution is 2.21. The first-order chi connectivity index (χ1) is 13.8. The Labute approximate surface area is 166 Å². The van der Waals surface area contributed by atoms with Crippen LogP contribution in [0.25, 0.3) is 0 Å². The van der Waals surface area contributed by atoms with Gasteiger partial charge in [0, 0.05) is 29.0 Å². The second-order valence-electron chi connectivity index (χ2n) is 6.48. The Morgan fingerprint density at radius 3 is 2.59 bits per heavy atom. The Kier molecular flexibility index (Phi) is 5.68. The number of nitro groups is 1. The van der Waals surface area contributed by atoms with E-state index < -0.39 is 10.8 Å². The number of hydrogen-bond acceptors (Lipinski definition) is 6. The number of non-ortho nitro benzene ring substituents is 1. The van der Waals surface area contributed by atoms with Gasteiger partial charge in [0.1, 0.15) is 5.75 Å². The SMILES string of the molecule is Cc1cc(C)n(Cc2ccc(C(=O)N/N=C/c3cc([N+](=O)[O-])ccc3O)cc2)n1. The van der Waals surface area contributed by atoms with Crippen molar-refractivity contribution in [3.8, 4) is 5.75 Å². The minimum Gasteiger partial charge on any atom is -0.507 e. The van der Waals surface area contributed by atoms with Crippen LogP contribution in [0.3, 0.4) is 0 Å². The molecule has 0 saturated carbocycles. The molecule has 148 valence electrons. The van der Waals surface area contributed by atoms with Crippen molar-refractivity contribution in [2.75, 3.05) is 0 Å². The minimum atomic E-state index is -0.580. The van der Waals surface area contributed by atoms with Gasteiger partial charge in [-0.2, -0.15) is 10.2 Å². The molecule has 0 atom stereocenters. The van der Waals surface area contributed by atoms with Gasteiger partial charge in [-0.15, -0.1) is 0 Å². The monoisotopic (exact) mass is 393 g/mol. The van der Waals surface area contributed by atoms with Crippen LogP contribution in [0.1, 0.15) is 32.9 Å². The third kappa shape index (κ3) is 4.83. The predicted octanol–water partition coefficient (Wildman–Crippen LogP) is 2.93. The van der Waals surface area contributed by atoms with E-state index in [1.54, 1.807) is 12.1 Å². The van der Waals surface area contributed by atoms with E-state index in [4.69, 9.17) is 0 Å². The fourth-order valence-electron chi connectivity index (χ4n) is 2.75. The van der Waals surface area contributed by atoms with Crippen molar-refractivity contribution in [3.63, 3.8) is 0 Å². The maximum atomic E-state index is 12.2. The zero-order valence-corrected chi connectivity index (χ0v) is 15.9. The number of carbonyl (C=O) groups excluding carboxylic acids is 1. The molecule has 29 heavy (non-hydrogen) atoms. The molecule has 1 aromatic heterocycles. The number of rotatable bonds is 6. The lowest BCUT2D eigenvalue weighted by molar-refractivity contribution is -0.384. The molecule has 2 aromatic carbocycles. The van der Waals surface area contributed by atoms with Gasteiger partial charge in [0.2, 0.25) is 0 Å². The van der Waals surface area contributed by atoms with Crippen LogP contribution in [0, 0.1) is 24.0 Å². The van der Waals surface area contributed by atoms with Crippen molar-refractivity contribution < 1.29 is 14.8 Å². The number of nitrogens with zero attached hydrogens (tertiary/aromatic N) is 4. The first-order valence-electron chi connectivity index (χ1n) is 8.74. The van der Waals surface area contributed by atoms with Gasteiger partial charge in [0.15, 0.2) is 0 Å². The lowest BCUT2D eigenvalue weighted by atomic mass is 10.1. The number of phenols is 1. The van der Waals surface area contributed by atoms with Gasteiger partial charge in [-0.1, -0.05) is 12.1 Å². The number of carbonyl (C=O) groups is 1. The van der Waals surface area contributed by atoms with Crippen LogP contribution in [0.5, 0.6) is 5.75 Å². The van der Waals surface area contributed by atoms with Gasteiger partial charge in [-0.3, -0.25) is 19.6 Å². The molecule has 0 radical (unpaired) electrons. The number of hydrogen-bond donors (Lipinski definition) is 2. The topological polar surface area (TPSA) is 123 Å². The first-order valence-corrected chi connectivity index (χ1v) is 8.74. The van der Waals surface area contributed by atoms with Gasteiger partial charge in [0.25, 0.3) is 11.6 Å². The van der Waals surface area contributed by atoms with Crippen molar-refractivity contribution >= 4 is 17.8 Å². The fourth-order valence-corrected chi connectivity index (χ4v) is 2.75. The molecule has 0 bridgehead atoms. The highest BCUT2D eigenvalue weighted by Gasteiger charge is 2.09. The number of phenolic OH excluding ortho intramolecular Hbond substituents is 1. The maximum Gasteiger partial charge on any atom is 0.271 e. The minimum absolute atomic E-state index is 0.125. The third-order valence-electron chi connectivity index (χ3n) is 4.24. The molecule has 0 aliphatic heterocycles. The normalized spacial score (nSPS) is 11.0. The van der Waals surface area contributed by atoms with Gasteiger partial charge in [0.05, 0.1) is 23.4 Å². The van der Waals surface area contributed by atoms with Crippen LogP contribution in [-0.4, -0.2) is 31.9 Å². The number of aromatic nitrogens is 2. The molecule has 3 aromatic rings. The molecule has 0 spiro atoms. The molecule has 1 amide bonds. The summed E-state index contributed by atoms with van der Waals surface area (Å²) < 4.78 is 1.89. The lowest BCUT2D eigenvalue weighted by Gasteiger charge is -2.06. The van der Waals surface area contributed by atoms with Crippen molar-refractivity contribution in [1.29, 1.82) is 0 Å². The van der Waals surface area contributed by atoms with Crippen LogP contribution in [0.2, 0.25) is 0 Å². The largest absolute Gasteiger partial charge is 0.507 e. The van der Waals surface area contributed by atoms with E-state index in [1.807, 2.05) is 36.7 Å². The average molecular weight is 393 g/mol. The summed E-state index contributed by atoms with van der Waals surface area (Å²) in [5.74, 6) is -0.620. The van der Waals surface area contributed by atoms with E-state index in [1.165, 1.54) is 18.2 Å². The summed E-state index contributed by atoms with van der Waals surface area (Å²) in [5.41, 5.74) is 5.69. The molecule has 0 saturated heterocycles. The number of nitro benzene ring substituents is 1. The average Bonchev–Trinajstić information content (AvgIpc) is 3.00. The van der Waals surface area contributed by atoms with Crippen LogP contribution in [0.15, 0.2) is 53.6 Å². The van der Waals surface area contributed by atoms with Crippen molar-refractivity contribution in [1.82, 2.24) is 15.2 Å². The smallest absolute Gasteiger partial charge is 0.271 e. The summed E-state index contributed by atoms with van der Waals surface area (Å²) in [5, 5.41) is 28.7. The van der Waals surface area contributed by atoms with Crippen molar-refractivity contribution in [2.45, 2.75) is 20.4 Å². The summed E-state index contributed by atoms with van der Waals surface area (Å²) in [6.07, 6.45) is 1.15. The molecule has 0 aliphatic carbocycles. The molecule has 0 fully saturated rings. The van der Waals surface area contributed by atoms with Crippen LogP contribution in [0.4, 0.5) is 5.69 Å². The van der Waals surface area contributed by atoms with E-state index in [0.717, 1.165) is 23.2 Å². The lowest BCUT2D eigenvalue weighted by Crippen LogP contribution is -2.17. The first kappa shape index (κ1) is 19.7. The van der Waals surface area contributed by atoms with Gasteiger partial charge in [-0.05, 0) is 43.7 Å². The Morgan fingerprint density at radius 2 is 1.97 bits per heavy atom. The van der Waals surface area contributed by atoms with Crippen molar-refractivity contribution in [3.05, 3.63) is 86.7 Å². The van der Waals surface area contributed by atoms with Gasteiger partial charge in [-0.25, -0.2) is 5.43 Å². The molecular formula is C20H19N5O4. The summed E-state index contributed by atoms with van der Waals surface area (Å²) in [6.45, 7) is 4.52. The molecule has 1 heterocycles. The summed E-state index contributed by atoms with van der Waals surface area (Å²) in [6, 6.07) is 12.6. The van der Waals surface area contributed by atoms with E-state index in [9.17, 15) is 20.0 Å². The molecule has 0 unspecified atom stereocenters. The van der Waals surface area contributed by atoms with Crippen molar-refractivity contribution in [2.24, 2.45) is 5.10 Å². The Morgan fingerprint density at radius 1 is 1.24 bits per heavy atom. The summed E-state index contributed by atoms with van der Waals surface area (Å²) >= 11 is 0. The van der Waals surface area contributed by atoms with E-state index in [0.29, 0.717) is 12.1 Å². The Balaban J connectivity index is 1.64. The fraction of sp³-hybridized carbons (Fsp3) is 0.150. The predicted molar refractivity (Wildman–Crippen MR) is 107 cm³/mol. The highest BCUT2D eigenvalue weighted by molar-refractivity contribution is 5.95. The third-order valence-corrected chi connectivity index (χ3v) is 4.24. The number of aryl methyl sites for hydroxylation is 2. The molecule has 9 nitrogen and oxygen atoms in total. The number of hydrazone groups is 1. The number of amides is 1. The second kappa shape index (κ2) is 8.34. The standard InChI is InChI=1S/C20H19N5O4/c1-13-9-14(2)24(23-13)12-15-3-5-16(6-4-15)20(27)22-21-11-17-10-18(25(28)29)7-8-19(17)26/h3-11,26H,12H2,1-2H3,(H,22,27)/b21-11+. The quantitative estimate of drug-likeness (QED) is 0.379. The maximum absolute atomic E-state index is 12.2. The molecule has 9 heteroatoms. The zero-order valence-electron chi connectivity index (χ0n) is 15.9. The molecule has 2 N–H and O–H groups in total. The van der Waals surface area contributed by atoms with E-state index in [2.05, 4.69) is 15.6 Å². The summed E-state index contributed by atoms with van der Waals surface area (Å²) in [7, 11) is 0. The Bertz CT molecular complexity index is 1090. The number of aromatic hydroxyl groups is 1. The van der Waals surface area contributed by atoms with Crippen LogP contribution in [-0.2, 0) is 6.54 Å². The number of nitrogens with one attached hydrogen (secondary N) is 1. The van der Waals surface area contributed by atoms with Crippen LogP contribution < -0.4 is 5.43 Å². The molecule has 3 rings (SSSR count). The summed E-state index contributed by atoms with van der Waals surface area (Å²) in [4.78, 5) is 22.4. The van der Waals surface area contributed by atoms with E-state index >= 15 is 0 Å². The second-order valence-corrected chi connectivity index (χ2v) is 6.48. The highest BCUT2D eigenvalue weighted by atomic mass is 16.6. The van der Waals surface area contributed by atoms with Gasteiger partial charge >= 0.3 is 0 Å². The molecular weight excluding hydrogens is 374 g/mol. The number of benzene rings is 2.